The molecule has 3 aromatic heterocycles. The van der Waals surface area contributed by atoms with Crippen LogP contribution in [0.4, 0.5) is 0 Å². The van der Waals surface area contributed by atoms with Crippen molar-refractivity contribution in [1.29, 1.82) is 0 Å². The number of amides is 1. The van der Waals surface area contributed by atoms with Gasteiger partial charge in [0.05, 0.1) is 5.69 Å². The Kier molecular flexibility index (Phi) is 3.07. The lowest BCUT2D eigenvalue weighted by Gasteiger charge is -2.00. The molecule has 3 heterocycles. The van der Waals surface area contributed by atoms with E-state index in [0.717, 1.165) is 17.1 Å². The highest BCUT2D eigenvalue weighted by Gasteiger charge is 2.07. The maximum Gasteiger partial charge on any atom is 0.262 e. The van der Waals surface area contributed by atoms with Crippen molar-refractivity contribution >= 4 is 33.7 Å². The molecule has 1 N–H and O–H groups in total. The molecule has 3 aromatic rings. The Labute approximate surface area is 111 Å². The van der Waals surface area contributed by atoms with Gasteiger partial charge in [-0.2, -0.15) is 0 Å². The highest BCUT2D eigenvalue weighted by atomic mass is 32.1. The molecule has 0 aliphatic heterocycles. The van der Waals surface area contributed by atoms with Gasteiger partial charge < -0.3 is 5.32 Å². The molecule has 0 aliphatic rings. The molecule has 0 radical (unpaired) electrons. The lowest BCUT2D eigenvalue weighted by molar-refractivity contribution is 0.0958. The van der Waals surface area contributed by atoms with E-state index in [0.29, 0.717) is 11.4 Å². The second kappa shape index (κ2) is 4.87. The molecule has 18 heavy (non-hydrogen) atoms. The Morgan fingerprint density at radius 2 is 2.44 bits per heavy atom. The summed E-state index contributed by atoms with van der Waals surface area (Å²) in [6.45, 7) is 0.585. The third kappa shape index (κ3) is 2.27. The van der Waals surface area contributed by atoms with Gasteiger partial charge in [0.15, 0.2) is 4.96 Å². The smallest absolute Gasteiger partial charge is 0.262 e. The number of nitrogens with one attached hydrogen (secondary N) is 1. The van der Waals surface area contributed by atoms with Crippen LogP contribution in [0.2, 0.25) is 0 Å². The van der Waals surface area contributed by atoms with E-state index in [1.165, 1.54) is 11.5 Å². The van der Waals surface area contributed by atoms with Crippen molar-refractivity contribution in [2.45, 2.75) is 6.42 Å². The summed E-state index contributed by atoms with van der Waals surface area (Å²) in [5, 5.41) is 4.85. The van der Waals surface area contributed by atoms with E-state index in [9.17, 15) is 4.79 Å². The molecule has 0 unspecified atom stereocenters. The van der Waals surface area contributed by atoms with Crippen molar-refractivity contribution in [2.24, 2.45) is 0 Å². The highest BCUT2D eigenvalue weighted by molar-refractivity contribution is 7.15. The molecular weight excluding hydrogens is 268 g/mol. The van der Waals surface area contributed by atoms with E-state index < -0.39 is 0 Å². The van der Waals surface area contributed by atoms with Crippen LogP contribution in [0, 0.1) is 0 Å². The predicted octanol–water partition coefficient (Wildman–Crippen LogP) is 1.82. The fourth-order valence-corrected chi connectivity index (χ4v) is 2.85. The largest absolute Gasteiger partial charge is 0.351 e. The Bertz CT molecular complexity index is 627. The number of carbonyl (C=O) groups is 1. The van der Waals surface area contributed by atoms with Crippen LogP contribution < -0.4 is 5.32 Å². The number of carbonyl (C=O) groups excluding carboxylic acids is 1. The molecule has 1 amide bonds. The van der Waals surface area contributed by atoms with Crippen LogP contribution in [0.1, 0.15) is 15.4 Å². The van der Waals surface area contributed by atoms with Crippen molar-refractivity contribution < 1.29 is 4.79 Å². The SMILES string of the molecule is O=C(NCCc1cn2ccsc2n1)c1ccns1. The molecule has 3 rings (SSSR count). The van der Waals surface area contributed by atoms with Gasteiger partial charge in [0, 0.05) is 36.9 Å². The van der Waals surface area contributed by atoms with Crippen LogP contribution in [0.5, 0.6) is 0 Å². The van der Waals surface area contributed by atoms with Gasteiger partial charge in [-0.1, -0.05) is 0 Å². The molecule has 0 aliphatic carbocycles. The number of rotatable bonds is 4. The predicted molar refractivity (Wildman–Crippen MR) is 71.2 cm³/mol. The minimum atomic E-state index is -0.0708. The van der Waals surface area contributed by atoms with Gasteiger partial charge >= 0.3 is 0 Å². The van der Waals surface area contributed by atoms with Crippen LogP contribution in [0.25, 0.3) is 4.96 Å². The molecule has 7 heteroatoms. The van der Waals surface area contributed by atoms with Crippen LogP contribution in [-0.4, -0.2) is 26.2 Å². The van der Waals surface area contributed by atoms with E-state index in [1.54, 1.807) is 23.6 Å². The Hall–Kier alpha value is -1.73. The van der Waals surface area contributed by atoms with Crippen molar-refractivity contribution in [3.8, 4) is 0 Å². The number of nitrogens with zero attached hydrogens (tertiary/aromatic N) is 3. The van der Waals surface area contributed by atoms with Gasteiger partial charge in [0.1, 0.15) is 4.88 Å². The fraction of sp³-hybridized carbons (Fsp3) is 0.182. The molecule has 0 bridgehead atoms. The zero-order valence-electron chi connectivity index (χ0n) is 9.37. The Morgan fingerprint density at radius 3 is 3.22 bits per heavy atom. The summed E-state index contributed by atoms with van der Waals surface area (Å²) in [6.07, 6.45) is 6.33. The first kappa shape index (κ1) is 11.4. The average molecular weight is 278 g/mol. The second-order valence-electron chi connectivity index (χ2n) is 3.71. The first-order valence-corrected chi connectivity index (χ1v) is 7.08. The lowest BCUT2D eigenvalue weighted by Crippen LogP contribution is -2.24. The third-order valence-electron chi connectivity index (χ3n) is 2.47. The number of thiazole rings is 1. The van der Waals surface area contributed by atoms with Crippen molar-refractivity contribution in [2.75, 3.05) is 6.54 Å². The summed E-state index contributed by atoms with van der Waals surface area (Å²) in [4.78, 5) is 17.7. The van der Waals surface area contributed by atoms with Crippen LogP contribution in [-0.2, 0) is 6.42 Å². The summed E-state index contributed by atoms with van der Waals surface area (Å²) in [5.74, 6) is -0.0708. The van der Waals surface area contributed by atoms with Gasteiger partial charge in [-0.05, 0) is 17.6 Å². The number of fused-ring (bicyclic) bond motifs is 1. The summed E-state index contributed by atoms with van der Waals surface area (Å²) in [5.41, 5.74) is 0.992. The van der Waals surface area contributed by atoms with E-state index in [1.807, 2.05) is 22.2 Å². The van der Waals surface area contributed by atoms with E-state index in [-0.39, 0.29) is 5.91 Å². The topological polar surface area (TPSA) is 59.3 Å². The zero-order valence-corrected chi connectivity index (χ0v) is 11.0. The first-order valence-electron chi connectivity index (χ1n) is 5.43. The number of imidazole rings is 1. The lowest BCUT2D eigenvalue weighted by atomic mass is 10.3. The maximum absolute atomic E-state index is 11.7. The van der Waals surface area contributed by atoms with E-state index >= 15 is 0 Å². The summed E-state index contributed by atoms with van der Waals surface area (Å²) < 4.78 is 5.89. The number of hydrogen-bond donors (Lipinski definition) is 1. The maximum atomic E-state index is 11.7. The second-order valence-corrected chi connectivity index (χ2v) is 5.41. The molecule has 0 saturated carbocycles. The molecule has 0 aromatic carbocycles. The quantitative estimate of drug-likeness (QED) is 0.792. The summed E-state index contributed by atoms with van der Waals surface area (Å²) >= 11 is 2.81. The van der Waals surface area contributed by atoms with Crippen molar-refractivity contribution in [3.05, 3.63) is 40.6 Å². The molecule has 5 nitrogen and oxygen atoms in total. The molecule has 0 atom stereocenters. The molecular formula is C11H10N4OS2. The normalized spacial score (nSPS) is 10.9. The molecule has 0 spiro atoms. The highest BCUT2D eigenvalue weighted by Crippen LogP contribution is 2.11. The van der Waals surface area contributed by atoms with Crippen LogP contribution in [0.15, 0.2) is 30.0 Å². The average Bonchev–Trinajstić information content (AvgIpc) is 3.05. The minimum Gasteiger partial charge on any atom is -0.351 e. The standard InChI is InChI=1S/C11H10N4OS2/c16-10(9-2-4-13-18-9)12-3-1-8-7-15-5-6-17-11(15)14-8/h2,4-7H,1,3H2,(H,12,16). The fourth-order valence-electron chi connectivity index (χ4n) is 1.62. The van der Waals surface area contributed by atoms with Gasteiger partial charge in [-0.15, -0.1) is 11.3 Å². The van der Waals surface area contributed by atoms with Gasteiger partial charge in [0.25, 0.3) is 5.91 Å². The summed E-state index contributed by atoms with van der Waals surface area (Å²) in [7, 11) is 0. The van der Waals surface area contributed by atoms with Gasteiger partial charge in [-0.3, -0.25) is 9.20 Å². The van der Waals surface area contributed by atoms with Gasteiger partial charge in [0.2, 0.25) is 0 Å². The van der Waals surface area contributed by atoms with E-state index in [4.69, 9.17) is 0 Å². The van der Waals surface area contributed by atoms with E-state index in [2.05, 4.69) is 14.7 Å². The summed E-state index contributed by atoms with van der Waals surface area (Å²) in [6, 6.07) is 1.71. The third-order valence-corrected chi connectivity index (χ3v) is 3.99. The number of hydrogen-bond acceptors (Lipinski definition) is 5. The van der Waals surface area contributed by atoms with Crippen LogP contribution in [0.3, 0.4) is 0 Å². The molecule has 0 saturated heterocycles. The minimum absolute atomic E-state index is 0.0708. The molecule has 0 fully saturated rings. The Morgan fingerprint density at radius 1 is 1.50 bits per heavy atom. The zero-order chi connectivity index (χ0) is 12.4. The Balaban J connectivity index is 1.56. The monoisotopic (exact) mass is 278 g/mol. The van der Waals surface area contributed by atoms with Crippen molar-refractivity contribution in [3.63, 3.8) is 0 Å². The van der Waals surface area contributed by atoms with Crippen LogP contribution >= 0.6 is 22.9 Å². The van der Waals surface area contributed by atoms with Crippen molar-refractivity contribution in [1.82, 2.24) is 19.1 Å². The first-order chi connectivity index (χ1) is 8.83. The molecule has 92 valence electrons. The number of aromatic nitrogens is 3. The van der Waals surface area contributed by atoms with Gasteiger partial charge in [-0.25, -0.2) is 9.36 Å².